The lowest BCUT2D eigenvalue weighted by molar-refractivity contribution is -0.274. The van der Waals surface area contributed by atoms with E-state index >= 15 is 0 Å². The highest BCUT2D eigenvalue weighted by Crippen LogP contribution is 2.24. The highest BCUT2D eigenvalue weighted by molar-refractivity contribution is 6.02. The Morgan fingerprint density at radius 3 is 2.27 bits per heavy atom. The van der Waals surface area contributed by atoms with Gasteiger partial charge in [-0.15, -0.1) is 23.4 Å². The van der Waals surface area contributed by atoms with Gasteiger partial charge in [-0.3, -0.25) is 4.79 Å². The van der Waals surface area contributed by atoms with Gasteiger partial charge >= 0.3 is 6.36 Å². The van der Waals surface area contributed by atoms with Crippen molar-refractivity contribution in [2.75, 3.05) is 12.4 Å². The van der Waals surface area contributed by atoms with E-state index in [2.05, 4.69) is 20.3 Å². The molecular weight excluding hydrogens is 303 g/mol. The molecule has 116 valence electrons. The second-order valence-electron chi connectivity index (χ2n) is 3.99. The molecule has 0 spiro atoms. The number of hydrogen-bond acceptors (Lipinski definition) is 5. The number of alkyl halides is 3. The number of hydrogen-bond donors (Lipinski definition) is 1. The van der Waals surface area contributed by atoms with Gasteiger partial charge in [0.05, 0.1) is 7.11 Å². The highest BCUT2D eigenvalue weighted by atomic mass is 19.4. The van der Waals surface area contributed by atoms with Gasteiger partial charge in [-0.05, 0) is 30.3 Å². The Balaban J connectivity index is 2.02. The minimum atomic E-state index is -4.76. The van der Waals surface area contributed by atoms with E-state index in [1.54, 1.807) is 0 Å². The smallest absolute Gasteiger partial charge is 0.480 e. The Hall–Kier alpha value is -2.84. The lowest BCUT2D eigenvalue weighted by Gasteiger charge is -2.09. The lowest BCUT2D eigenvalue weighted by Crippen LogP contribution is -2.17. The summed E-state index contributed by atoms with van der Waals surface area (Å²) in [6.07, 6.45) is -4.76. The normalized spacial score (nSPS) is 10.9. The molecule has 22 heavy (non-hydrogen) atoms. The third-order valence-corrected chi connectivity index (χ3v) is 2.43. The fraction of sp³-hybridized carbons (Fsp3) is 0.154. The molecule has 1 heterocycles. The molecule has 0 unspecified atom stereocenters. The van der Waals surface area contributed by atoms with Gasteiger partial charge in [-0.2, -0.15) is 0 Å². The van der Waals surface area contributed by atoms with E-state index < -0.39 is 12.3 Å². The van der Waals surface area contributed by atoms with Crippen molar-refractivity contribution in [1.82, 2.24) is 10.2 Å². The second kappa shape index (κ2) is 6.29. The number of nitrogens with one attached hydrogen (secondary N) is 1. The summed E-state index contributed by atoms with van der Waals surface area (Å²) in [6, 6.07) is 7.59. The number of carbonyl (C=O) groups excluding carboxylic acids is 1. The van der Waals surface area contributed by atoms with Crippen LogP contribution >= 0.6 is 0 Å². The molecule has 0 aliphatic carbocycles. The molecule has 6 nitrogen and oxygen atoms in total. The largest absolute Gasteiger partial charge is 0.573 e. The topological polar surface area (TPSA) is 73.3 Å². The Morgan fingerprint density at radius 2 is 1.77 bits per heavy atom. The number of anilines is 1. The summed E-state index contributed by atoms with van der Waals surface area (Å²) < 4.78 is 44.6. The molecule has 0 fully saturated rings. The van der Waals surface area contributed by atoms with Crippen molar-refractivity contribution in [2.24, 2.45) is 0 Å². The van der Waals surface area contributed by atoms with Gasteiger partial charge in [0.2, 0.25) is 5.88 Å². The Labute approximate surface area is 122 Å². The summed E-state index contributed by atoms with van der Waals surface area (Å²) >= 11 is 0. The van der Waals surface area contributed by atoms with Crippen LogP contribution in [-0.4, -0.2) is 29.6 Å². The van der Waals surface area contributed by atoms with Gasteiger partial charge < -0.3 is 14.8 Å². The Bertz CT molecular complexity index is 642. The molecule has 0 bridgehead atoms. The van der Waals surface area contributed by atoms with Crippen molar-refractivity contribution >= 4 is 11.6 Å². The van der Waals surface area contributed by atoms with E-state index in [0.717, 1.165) is 12.1 Å². The van der Waals surface area contributed by atoms with Crippen molar-refractivity contribution in [2.45, 2.75) is 6.36 Å². The standard InChI is InChI=1S/C13H10F3N3O3/c1-21-11-7-6-10(18-19-11)12(20)17-8-2-4-9(5-3-8)22-13(14,15)16/h2-7H,1H3,(H,17,20). The molecule has 1 aromatic heterocycles. The first-order valence-corrected chi connectivity index (χ1v) is 5.92. The van der Waals surface area contributed by atoms with E-state index in [4.69, 9.17) is 4.74 Å². The zero-order valence-electron chi connectivity index (χ0n) is 11.2. The Kier molecular flexibility index (Phi) is 4.44. The number of aromatic nitrogens is 2. The van der Waals surface area contributed by atoms with Crippen molar-refractivity contribution in [3.63, 3.8) is 0 Å². The molecule has 0 saturated heterocycles. The van der Waals surface area contributed by atoms with Gasteiger partial charge in [-0.25, -0.2) is 0 Å². The van der Waals surface area contributed by atoms with Crippen LogP contribution in [0.4, 0.5) is 18.9 Å². The summed E-state index contributed by atoms with van der Waals surface area (Å²) in [4.78, 5) is 11.9. The quantitative estimate of drug-likeness (QED) is 0.939. The lowest BCUT2D eigenvalue weighted by atomic mass is 10.3. The molecule has 0 aliphatic heterocycles. The highest BCUT2D eigenvalue weighted by Gasteiger charge is 2.30. The number of carbonyl (C=O) groups is 1. The van der Waals surface area contributed by atoms with Gasteiger partial charge in [0.25, 0.3) is 5.91 Å². The fourth-order valence-corrected chi connectivity index (χ4v) is 1.49. The summed E-state index contributed by atoms with van der Waals surface area (Å²) in [7, 11) is 1.41. The fourth-order valence-electron chi connectivity index (χ4n) is 1.49. The molecule has 9 heteroatoms. The molecule has 1 amide bonds. The summed E-state index contributed by atoms with van der Waals surface area (Å²) in [5.41, 5.74) is 0.327. The van der Waals surface area contributed by atoms with Crippen molar-refractivity contribution in [1.29, 1.82) is 0 Å². The average Bonchev–Trinajstić information content (AvgIpc) is 2.48. The number of nitrogens with zero attached hydrogens (tertiary/aromatic N) is 2. The molecule has 0 saturated carbocycles. The summed E-state index contributed by atoms with van der Waals surface area (Å²) in [5.74, 6) is -0.681. The number of rotatable bonds is 4. The predicted octanol–water partition coefficient (Wildman–Crippen LogP) is 2.64. The van der Waals surface area contributed by atoms with Gasteiger partial charge in [0.15, 0.2) is 5.69 Å². The molecule has 0 atom stereocenters. The van der Waals surface area contributed by atoms with Crippen LogP contribution in [0.3, 0.4) is 0 Å². The average molecular weight is 313 g/mol. The number of methoxy groups -OCH3 is 1. The van der Waals surface area contributed by atoms with Crippen LogP contribution in [0.5, 0.6) is 11.6 Å². The molecule has 1 N–H and O–H groups in total. The van der Waals surface area contributed by atoms with E-state index in [-0.39, 0.29) is 23.0 Å². The molecule has 2 aromatic rings. The Morgan fingerprint density at radius 1 is 1.09 bits per heavy atom. The minimum Gasteiger partial charge on any atom is -0.480 e. The number of amides is 1. The van der Waals surface area contributed by atoms with E-state index in [0.29, 0.717) is 0 Å². The van der Waals surface area contributed by atoms with Crippen LogP contribution in [0.15, 0.2) is 36.4 Å². The second-order valence-corrected chi connectivity index (χ2v) is 3.99. The van der Waals surface area contributed by atoms with Crippen LogP contribution in [-0.2, 0) is 0 Å². The SMILES string of the molecule is COc1ccc(C(=O)Nc2ccc(OC(F)(F)F)cc2)nn1. The molecule has 1 aromatic carbocycles. The van der Waals surface area contributed by atoms with Crippen LogP contribution in [0.1, 0.15) is 10.5 Å². The number of benzene rings is 1. The third-order valence-electron chi connectivity index (χ3n) is 2.43. The van der Waals surface area contributed by atoms with Crippen molar-refractivity contribution < 1.29 is 27.4 Å². The van der Waals surface area contributed by atoms with Gasteiger partial charge in [0.1, 0.15) is 5.75 Å². The monoisotopic (exact) mass is 313 g/mol. The molecule has 2 rings (SSSR count). The van der Waals surface area contributed by atoms with Crippen LogP contribution < -0.4 is 14.8 Å². The first-order valence-electron chi connectivity index (χ1n) is 5.92. The van der Waals surface area contributed by atoms with Crippen LogP contribution in [0, 0.1) is 0 Å². The summed E-state index contributed by atoms with van der Waals surface area (Å²) in [6.45, 7) is 0. The number of halogens is 3. The maximum Gasteiger partial charge on any atom is 0.573 e. The first kappa shape index (κ1) is 15.5. The van der Waals surface area contributed by atoms with Gasteiger partial charge in [0, 0.05) is 11.8 Å². The van der Waals surface area contributed by atoms with Crippen molar-refractivity contribution in [3.8, 4) is 11.6 Å². The first-order chi connectivity index (χ1) is 10.4. The molecule has 0 aliphatic rings. The van der Waals surface area contributed by atoms with E-state index in [1.807, 2.05) is 0 Å². The van der Waals surface area contributed by atoms with Crippen molar-refractivity contribution in [3.05, 3.63) is 42.1 Å². The van der Waals surface area contributed by atoms with E-state index in [9.17, 15) is 18.0 Å². The maximum absolute atomic E-state index is 12.0. The zero-order valence-corrected chi connectivity index (χ0v) is 11.2. The van der Waals surface area contributed by atoms with Crippen LogP contribution in [0.25, 0.3) is 0 Å². The third kappa shape index (κ3) is 4.33. The van der Waals surface area contributed by atoms with Crippen LogP contribution in [0.2, 0.25) is 0 Å². The molecular formula is C13H10F3N3O3. The predicted molar refractivity (Wildman–Crippen MR) is 69.7 cm³/mol. The minimum absolute atomic E-state index is 0.0384. The summed E-state index contributed by atoms with van der Waals surface area (Å²) in [5, 5.41) is 9.75. The zero-order chi connectivity index (χ0) is 16.2. The molecule has 0 radical (unpaired) electrons. The maximum atomic E-state index is 12.0. The number of ether oxygens (including phenoxy) is 2. The van der Waals surface area contributed by atoms with E-state index in [1.165, 1.54) is 31.4 Å². The van der Waals surface area contributed by atoms with Gasteiger partial charge in [-0.1, -0.05) is 0 Å².